The van der Waals surface area contributed by atoms with Crippen molar-refractivity contribution in [3.63, 3.8) is 0 Å². The second-order valence-corrected chi connectivity index (χ2v) is 9.55. The molecule has 0 radical (unpaired) electrons. The number of hydrogen-bond acceptors (Lipinski definition) is 8. The van der Waals surface area contributed by atoms with Gasteiger partial charge < -0.3 is 20.1 Å². The van der Waals surface area contributed by atoms with Gasteiger partial charge in [-0.2, -0.15) is 0 Å². The minimum Gasteiger partial charge on any atom is -0.496 e. The van der Waals surface area contributed by atoms with Gasteiger partial charge in [-0.1, -0.05) is 36.4 Å². The van der Waals surface area contributed by atoms with E-state index in [-0.39, 0.29) is 36.5 Å². The average Bonchev–Trinajstić information content (AvgIpc) is 3.43. The summed E-state index contributed by atoms with van der Waals surface area (Å²) >= 11 is 0. The Hall–Kier alpha value is -4.54. The zero-order valence-electron chi connectivity index (χ0n) is 22.3. The third kappa shape index (κ3) is 5.31. The summed E-state index contributed by atoms with van der Waals surface area (Å²) in [6.07, 6.45) is 0.0523. The maximum Gasteiger partial charge on any atom is 0.251 e. The summed E-state index contributed by atoms with van der Waals surface area (Å²) < 4.78 is 10.7. The van der Waals surface area contributed by atoms with Crippen LogP contribution in [0.15, 0.2) is 72.8 Å². The molecule has 4 amide bonds. The summed E-state index contributed by atoms with van der Waals surface area (Å²) in [7, 11) is 3.16. The number of para-hydroxylation sites is 2. The first-order chi connectivity index (χ1) is 19.4. The Balaban J connectivity index is 1.23. The first-order valence-electron chi connectivity index (χ1n) is 13.0. The van der Waals surface area contributed by atoms with Crippen LogP contribution in [-0.4, -0.2) is 49.9 Å². The van der Waals surface area contributed by atoms with E-state index in [1.807, 2.05) is 48.5 Å². The lowest BCUT2D eigenvalue weighted by Crippen LogP contribution is -2.39. The summed E-state index contributed by atoms with van der Waals surface area (Å²) in [6.45, 7) is 0.734. The molecule has 3 aromatic rings. The second kappa shape index (κ2) is 11.7. The zero-order valence-corrected chi connectivity index (χ0v) is 22.3. The number of nitrogens with one attached hydrogen (secondary N) is 2. The van der Waals surface area contributed by atoms with Crippen LogP contribution < -0.4 is 29.9 Å². The molecule has 40 heavy (non-hydrogen) atoms. The van der Waals surface area contributed by atoms with Crippen molar-refractivity contribution in [1.29, 1.82) is 0 Å². The van der Waals surface area contributed by atoms with Crippen molar-refractivity contribution in [2.24, 2.45) is 0 Å². The fourth-order valence-corrected chi connectivity index (χ4v) is 5.04. The second-order valence-electron chi connectivity index (χ2n) is 9.55. The normalized spacial score (nSPS) is 19.1. The van der Waals surface area contributed by atoms with Crippen molar-refractivity contribution >= 4 is 35.0 Å². The Morgan fingerprint density at radius 1 is 0.625 bits per heavy atom. The number of nitrogens with zero attached hydrogens (tertiary/aromatic N) is 2. The first kappa shape index (κ1) is 27.0. The predicted octanol–water partition coefficient (Wildman–Crippen LogP) is 2.55. The third-order valence-corrected chi connectivity index (χ3v) is 7.12. The van der Waals surface area contributed by atoms with E-state index in [0.717, 1.165) is 20.9 Å². The van der Waals surface area contributed by atoms with Crippen molar-refractivity contribution in [2.45, 2.75) is 38.0 Å². The van der Waals surface area contributed by atoms with Crippen LogP contribution in [0.25, 0.3) is 0 Å². The predicted molar refractivity (Wildman–Crippen MR) is 148 cm³/mol. The SMILES string of the molecule is COc1ccccc1CN[C@@H]1CC(=O)N(c2ccc(N3C(=O)C[C@@H](NCc4ccccc4OC)C3=O)cc2)C1=O. The van der Waals surface area contributed by atoms with Gasteiger partial charge >= 0.3 is 0 Å². The van der Waals surface area contributed by atoms with Crippen molar-refractivity contribution in [3.05, 3.63) is 83.9 Å². The highest BCUT2D eigenvalue weighted by molar-refractivity contribution is 6.24. The summed E-state index contributed by atoms with van der Waals surface area (Å²) in [6, 6.07) is 19.9. The maximum atomic E-state index is 13.1. The fourth-order valence-electron chi connectivity index (χ4n) is 5.04. The van der Waals surface area contributed by atoms with Gasteiger partial charge in [0.2, 0.25) is 11.8 Å². The molecule has 2 fully saturated rings. The Morgan fingerprint density at radius 3 is 1.38 bits per heavy atom. The lowest BCUT2D eigenvalue weighted by atomic mass is 10.1. The number of carbonyl (C=O) groups is 4. The minimum atomic E-state index is -0.672. The molecule has 206 valence electrons. The largest absolute Gasteiger partial charge is 0.496 e. The first-order valence-corrected chi connectivity index (χ1v) is 13.0. The number of amides is 4. The monoisotopic (exact) mass is 542 g/mol. The van der Waals surface area contributed by atoms with Gasteiger partial charge in [-0.15, -0.1) is 0 Å². The fraction of sp³-hybridized carbons (Fsp3) is 0.267. The van der Waals surface area contributed by atoms with Crippen LogP contribution in [0.5, 0.6) is 11.5 Å². The molecular weight excluding hydrogens is 512 g/mol. The van der Waals surface area contributed by atoms with Gasteiger partial charge in [0.15, 0.2) is 0 Å². The summed E-state index contributed by atoms with van der Waals surface area (Å²) in [5.74, 6) is 0.0153. The van der Waals surface area contributed by atoms with Crippen LogP contribution >= 0.6 is 0 Å². The molecule has 2 aliphatic rings. The third-order valence-electron chi connectivity index (χ3n) is 7.12. The highest BCUT2D eigenvalue weighted by Gasteiger charge is 2.41. The molecule has 5 rings (SSSR count). The average molecular weight is 543 g/mol. The number of anilines is 2. The number of imide groups is 2. The van der Waals surface area contributed by atoms with E-state index in [2.05, 4.69) is 10.6 Å². The van der Waals surface area contributed by atoms with E-state index in [1.54, 1.807) is 38.5 Å². The van der Waals surface area contributed by atoms with Gasteiger partial charge in [-0.3, -0.25) is 19.2 Å². The van der Waals surface area contributed by atoms with Crippen LogP contribution in [0.4, 0.5) is 11.4 Å². The van der Waals surface area contributed by atoms with Crippen LogP contribution in [0.1, 0.15) is 24.0 Å². The number of benzene rings is 3. The Bertz CT molecular complexity index is 1330. The van der Waals surface area contributed by atoms with Gasteiger partial charge in [-0.05, 0) is 36.4 Å². The van der Waals surface area contributed by atoms with E-state index in [4.69, 9.17) is 9.47 Å². The molecule has 2 heterocycles. The van der Waals surface area contributed by atoms with Gasteiger partial charge in [0.25, 0.3) is 11.8 Å². The van der Waals surface area contributed by atoms with E-state index in [9.17, 15) is 19.2 Å². The van der Waals surface area contributed by atoms with Crippen LogP contribution in [-0.2, 0) is 32.3 Å². The van der Waals surface area contributed by atoms with Crippen molar-refractivity contribution in [1.82, 2.24) is 10.6 Å². The maximum absolute atomic E-state index is 13.1. The standard InChI is InChI=1S/C30H30N4O6/c1-39-25-9-5-3-7-19(25)17-31-23-15-27(35)33(29(23)37)21-11-13-22(14-12-21)34-28(36)16-24(30(34)38)32-18-20-8-4-6-10-26(20)40-2/h3-14,23-24,31-32H,15-18H2,1-2H3/t23-,24-/m1/s1. The molecule has 2 N–H and O–H groups in total. The van der Waals surface area contributed by atoms with Crippen LogP contribution in [0.2, 0.25) is 0 Å². The van der Waals surface area contributed by atoms with Crippen LogP contribution in [0.3, 0.4) is 0 Å². The Labute approximate surface area is 231 Å². The number of methoxy groups -OCH3 is 2. The summed E-state index contributed by atoms with van der Waals surface area (Å²) in [4.78, 5) is 54.0. The van der Waals surface area contributed by atoms with Gasteiger partial charge in [0.05, 0.1) is 50.5 Å². The number of carbonyl (C=O) groups excluding carboxylic acids is 4. The molecule has 3 aromatic carbocycles. The Kier molecular flexibility index (Phi) is 7.90. The molecule has 2 saturated heterocycles. The van der Waals surface area contributed by atoms with Gasteiger partial charge in [-0.25, -0.2) is 9.80 Å². The number of ether oxygens (including phenoxy) is 2. The molecule has 10 heteroatoms. The smallest absolute Gasteiger partial charge is 0.251 e. The molecule has 10 nitrogen and oxygen atoms in total. The number of hydrogen-bond donors (Lipinski definition) is 2. The van der Waals surface area contributed by atoms with E-state index < -0.39 is 12.1 Å². The molecule has 0 saturated carbocycles. The molecular formula is C30H30N4O6. The van der Waals surface area contributed by atoms with Crippen molar-refractivity contribution in [3.8, 4) is 11.5 Å². The minimum absolute atomic E-state index is 0.0262. The lowest BCUT2D eigenvalue weighted by molar-refractivity contribution is -0.123. The molecule has 2 aliphatic heterocycles. The lowest BCUT2D eigenvalue weighted by Gasteiger charge is -2.19. The van der Waals surface area contributed by atoms with E-state index >= 15 is 0 Å². The van der Waals surface area contributed by atoms with E-state index in [0.29, 0.717) is 36.0 Å². The molecule has 2 atom stereocenters. The van der Waals surface area contributed by atoms with Gasteiger partial charge in [0, 0.05) is 24.2 Å². The zero-order chi connectivity index (χ0) is 28.2. The summed E-state index contributed by atoms with van der Waals surface area (Å²) in [5, 5.41) is 6.30. The number of rotatable bonds is 10. The molecule has 0 aromatic heterocycles. The summed E-state index contributed by atoms with van der Waals surface area (Å²) in [5.41, 5.74) is 2.52. The molecule has 0 unspecified atom stereocenters. The quantitative estimate of drug-likeness (QED) is 0.376. The van der Waals surface area contributed by atoms with Crippen molar-refractivity contribution in [2.75, 3.05) is 24.0 Å². The van der Waals surface area contributed by atoms with Crippen LogP contribution in [0, 0.1) is 0 Å². The highest BCUT2D eigenvalue weighted by Crippen LogP contribution is 2.29. The van der Waals surface area contributed by atoms with Gasteiger partial charge in [0.1, 0.15) is 11.5 Å². The van der Waals surface area contributed by atoms with E-state index in [1.165, 1.54) is 0 Å². The Morgan fingerprint density at radius 2 is 1.00 bits per heavy atom. The topological polar surface area (TPSA) is 117 Å². The highest BCUT2D eigenvalue weighted by atomic mass is 16.5. The van der Waals surface area contributed by atoms with Crippen molar-refractivity contribution < 1.29 is 28.7 Å². The molecule has 0 spiro atoms. The molecule has 0 bridgehead atoms. The molecule has 0 aliphatic carbocycles.